The molecule has 0 fully saturated rings. The van der Waals surface area contributed by atoms with Crippen molar-refractivity contribution in [2.24, 2.45) is 5.92 Å². The van der Waals surface area contributed by atoms with Crippen molar-refractivity contribution in [2.45, 2.75) is 38.5 Å². The van der Waals surface area contributed by atoms with E-state index in [0.29, 0.717) is 23.1 Å². The van der Waals surface area contributed by atoms with Crippen molar-refractivity contribution < 1.29 is 18.8 Å². The zero-order valence-corrected chi connectivity index (χ0v) is 21.5. The van der Waals surface area contributed by atoms with E-state index < -0.39 is 0 Å². The second-order valence-electron chi connectivity index (χ2n) is 9.28. The highest BCUT2D eigenvalue weighted by Crippen LogP contribution is 2.36. The summed E-state index contributed by atoms with van der Waals surface area (Å²) in [6, 6.07) is 18.2. The van der Waals surface area contributed by atoms with E-state index in [2.05, 4.69) is 24.5 Å². The maximum Gasteiger partial charge on any atom is 0.291 e. The van der Waals surface area contributed by atoms with E-state index in [0.717, 1.165) is 10.6 Å². The molecule has 8 heteroatoms. The maximum absolute atomic E-state index is 13.3. The lowest BCUT2D eigenvalue weighted by molar-refractivity contribution is -0.137. The summed E-state index contributed by atoms with van der Waals surface area (Å²) in [6.45, 7) is 8.53. The number of hydrogen-bond acceptors (Lipinski definition) is 6. The quantitative estimate of drug-likeness (QED) is 0.343. The summed E-state index contributed by atoms with van der Waals surface area (Å²) in [7, 11) is 0. The Hall–Kier alpha value is -3.78. The second-order valence-corrected chi connectivity index (χ2v) is 10.4. The van der Waals surface area contributed by atoms with E-state index in [1.807, 2.05) is 38.1 Å². The highest BCUT2D eigenvalue weighted by atomic mass is 32.2. The Bertz CT molecular complexity index is 1280. The van der Waals surface area contributed by atoms with Crippen molar-refractivity contribution in [1.82, 2.24) is 4.90 Å². The van der Waals surface area contributed by atoms with E-state index in [-0.39, 0.29) is 35.1 Å². The number of hydrogen-bond donors (Lipinski definition) is 2. The van der Waals surface area contributed by atoms with Crippen LogP contribution in [0.15, 0.2) is 86.8 Å². The highest BCUT2D eigenvalue weighted by Gasteiger charge is 2.39. The van der Waals surface area contributed by atoms with Crippen molar-refractivity contribution in [3.8, 4) is 0 Å². The summed E-state index contributed by atoms with van der Waals surface area (Å²) >= 11 is 1.23. The topological polar surface area (TPSA) is 91.7 Å². The van der Waals surface area contributed by atoms with Crippen LogP contribution in [0.4, 0.5) is 11.4 Å². The van der Waals surface area contributed by atoms with Crippen molar-refractivity contribution in [2.75, 3.05) is 17.2 Å². The number of imide groups is 1. The normalized spacial score (nSPS) is 13.8. The fourth-order valence-corrected chi connectivity index (χ4v) is 4.66. The van der Waals surface area contributed by atoms with Crippen molar-refractivity contribution in [3.05, 3.63) is 88.9 Å². The number of nitrogens with zero attached hydrogens (tertiary/aromatic N) is 1. The third-order valence-electron chi connectivity index (χ3n) is 5.60. The van der Waals surface area contributed by atoms with Gasteiger partial charge in [0, 0.05) is 22.8 Å². The van der Waals surface area contributed by atoms with Gasteiger partial charge < -0.3 is 15.1 Å². The first-order valence-electron chi connectivity index (χ1n) is 11.8. The van der Waals surface area contributed by atoms with E-state index >= 15 is 0 Å². The van der Waals surface area contributed by atoms with Crippen LogP contribution in [0.5, 0.6) is 0 Å². The zero-order chi connectivity index (χ0) is 25.8. The number of carbonyl (C=O) groups excluding carboxylic acids is 3. The van der Waals surface area contributed by atoms with Crippen LogP contribution >= 0.6 is 11.8 Å². The van der Waals surface area contributed by atoms with Gasteiger partial charge in [-0.2, -0.15) is 0 Å². The lowest BCUT2D eigenvalue weighted by atomic mass is 10.0. The molecule has 1 aliphatic rings. The number of furan rings is 1. The molecule has 3 amide bonds. The highest BCUT2D eigenvalue weighted by molar-refractivity contribution is 8.04. The molecule has 3 aromatic rings. The lowest BCUT2D eigenvalue weighted by Gasteiger charge is -2.17. The van der Waals surface area contributed by atoms with Gasteiger partial charge in [0.05, 0.1) is 6.26 Å². The first-order chi connectivity index (χ1) is 17.2. The largest absolute Gasteiger partial charge is 0.459 e. The lowest BCUT2D eigenvalue weighted by Crippen LogP contribution is -2.35. The number of anilines is 2. The Morgan fingerprint density at radius 1 is 0.917 bits per heavy atom. The molecule has 0 radical (unpaired) electrons. The Kier molecular flexibility index (Phi) is 7.64. The van der Waals surface area contributed by atoms with E-state index in [4.69, 9.17) is 4.42 Å². The SMILES string of the molecule is CC(C)CN1C(=O)C(Nc2ccc(C(C)C)cc2)=C(Sc2ccc(NC(=O)c3ccco3)cc2)C1=O. The molecular formula is C28H29N3O4S. The molecule has 0 atom stereocenters. The standard InChI is InChI=1S/C28H29N3O4S/c1-17(2)16-31-27(33)24(29-20-9-7-19(8-10-20)18(3)4)25(28(31)34)36-22-13-11-21(12-14-22)30-26(32)23-6-5-15-35-23/h5-15,17-18,29H,16H2,1-4H3,(H,30,32). The Morgan fingerprint density at radius 3 is 2.17 bits per heavy atom. The third kappa shape index (κ3) is 5.71. The van der Waals surface area contributed by atoms with Crippen LogP contribution in [0.3, 0.4) is 0 Å². The predicted molar refractivity (Wildman–Crippen MR) is 142 cm³/mol. The molecule has 0 saturated carbocycles. The zero-order valence-electron chi connectivity index (χ0n) is 20.7. The molecule has 4 rings (SSSR count). The van der Waals surface area contributed by atoms with Gasteiger partial charge in [-0.3, -0.25) is 19.3 Å². The van der Waals surface area contributed by atoms with E-state index in [9.17, 15) is 14.4 Å². The minimum Gasteiger partial charge on any atom is -0.459 e. The van der Waals surface area contributed by atoms with Gasteiger partial charge in [-0.15, -0.1) is 0 Å². The summed E-state index contributed by atoms with van der Waals surface area (Å²) in [5.74, 6) is -0.227. The number of rotatable bonds is 9. The van der Waals surface area contributed by atoms with Gasteiger partial charge in [0.15, 0.2) is 5.76 Å². The van der Waals surface area contributed by atoms with Crippen LogP contribution in [-0.4, -0.2) is 29.2 Å². The molecule has 36 heavy (non-hydrogen) atoms. The van der Waals surface area contributed by atoms with Gasteiger partial charge in [-0.25, -0.2) is 0 Å². The van der Waals surface area contributed by atoms with E-state index in [1.54, 1.807) is 36.4 Å². The van der Waals surface area contributed by atoms with Crippen LogP contribution in [0, 0.1) is 5.92 Å². The molecule has 2 aromatic carbocycles. The molecular weight excluding hydrogens is 474 g/mol. The van der Waals surface area contributed by atoms with Crippen LogP contribution in [0.1, 0.15) is 49.7 Å². The van der Waals surface area contributed by atoms with Crippen LogP contribution in [0.2, 0.25) is 0 Å². The Balaban J connectivity index is 1.56. The molecule has 0 unspecified atom stereocenters. The molecule has 1 aromatic heterocycles. The van der Waals surface area contributed by atoms with Crippen LogP contribution in [0.25, 0.3) is 0 Å². The number of nitrogens with one attached hydrogen (secondary N) is 2. The van der Waals surface area contributed by atoms with Crippen LogP contribution in [-0.2, 0) is 9.59 Å². The average molecular weight is 504 g/mol. The number of thioether (sulfide) groups is 1. The Morgan fingerprint density at radius 2 is 1.58 bits per heavy atom. The average Bonchev–Trinajstić information content (AvgIpc) is 3.46. The molecule has 1 aliphatic heterocycles. The number of benzene rings is 2. The van der Waals surface area contributed by atoms with Crippen molar-refractivity contribution in [3.63, 3.8) is 0 Å². The summed E-state index contributed by atoms with van der Waals surface area (Å²) in [4.78, 5) is 41.1. The summed E-state index contributed by atoms with van der Waals surface area (Å²) in [6.07, 6.45) is 1.44. The summed E-state index contributed by atoms with van der Waals surface area (Å²) < 4.78 is 5.11. The van der Waals surface area contributed by atoms with Gasteiger partial charge in [-0.1, -0.05) is 51.6 Å². The van der Waals surface area contributed by atoms with Gasteiger partial charge in [-0.05, 0) is 65.9 Å². The first kappa shape index (κ1) is 25.3. The molecule has 0 saturated heterocycles. The molecule has 7 nitrogen and oxygen atoms in total. The number of carbonyl (C=O) groups is 3. The summed E-state index contributed by atoms with van der Waals surface area (Å²) in [5, 5.41) is 5.96. The van der Waals surface area contributed by atoms with Gasteiger partial charge in [0.25, 0.3) is 17.7 Å². The molecule has 2 heterocycles. The molecule has 0 aliphatic carbocycles. The van der Waals surface area contributed by atoms with Crippen molar-refractivity contribution >= 4 is 40.9 Å². The fourth-order valence-electron chi connectivity index (χ4n) is 3.71. The maximum atomic E-state index is 13.3. The van der Waals surface area contributed by atoms with Crippen LogP contribution < -0.4 is 10.6 Å². The smallest absolute Gasteiger partial charge is 0.291 e. The first-order valence-corrected chi connectivity index (χ1v) is 12.6. The second kappa shape index (κ2) is 10.9. The van der Waals surface area contributed by atoms with Gasteiger partial charge >= 0.3 is 0 Å². The minimum absolute atomic E-state index is 0.144. The van der Waals surface area contributed by atoms with E-state index in [1.165, 1.54) is 28.5 Å². The summed E-state index contributed by atoms with van der Waals surface area (Å²) in [5.41, 5.74) is 2.81. The Labute approximate surface area is 214 Å². The monoisotopic (exact) mass is 503 g/mol. The predicted octanol–water partition coefficient (Wildman–Crippen LogP) is 6.10. The molecule has 2 N–H and O–H groups in total. The molecule has 0 spiro atoms. The van der Waals surface area contributed by atoms with Crippen molar-refractivity contribution in [1.29, 1.82) is 0 Å². The number of amides is 3. The third-order valence-corrected chi connectivity index (χ3v) is 6.69. The van der Waals surface area contributed by atoms with Gasteiger partial charge in [0.2, 0.25) is 0 Å². The molecule has 0 bridgehead atoms. The fraction of sp³-hybridized carbons (Fsp3) is 0.250. The van der Waals surface area contributed by atoms with Gasteiger partial charge in [0.1, 0.15) is 10.6 Å². The minimum atomic E-state index is -0.348. The molecule has 186 valence electrons.